The predicted molar refractivity (Wildman–Crippen MR) is 95.8 cm³/mol. The third kappa shape index (κ3) is 4.14. The molecule has 0 fully saturated rings. The van der Waals surface area contributed by atoms with Crippen LogP contribution in [0.15, 0.2) is 47.4 Å². The van der Waals surface area contributed by atoms with Crippen LogP contribution in [0.25, 0.3) is 0 Å². The summed E-state index contributed by atoms with van der Waals surface area (Å²) in [5, 5.41) is 3.09. The highest BCUT2D eigenvalue weighted by atomic mass is 32.2. The van der Waals surface area contributed by atoms with Crippen LogP contribution in [-0.4, -0.2) is 11.7 Å². The fourth-order valence-electron chi connectivity index (χ4n) is 2.38. The quantitative estimate of drug-likeness (QED) is 0.773. The molecule has 1 amide bonds. The molecule has 0 saturated carbocycles. The van der Waals surface area contributed by atoms with Gasteiger partial charge >= 0.3 is 0 Å². The minimum Gasteiger partial charge on any atom is -0.325 e. The van der Waals surface area contributed by atoms with Crippen LogP contribution in [0, 0.1) is 13.8 Å². The van der Waals surface area contributed by atoms with Gasteiger partial charge in [-0.2, -0.15) is 0 Å². The lowest BCUT2D eigenvalue weighted by Crippen LogP contribution is -2.16. The molecule has 2 rings (SSSR count). The van der Waals surface area contributed by atoms with E-state index < -0.39 is 0 Å². The van der Waals surface area contributed by atoms with Gasteiger partial charge in [-0.25, -0.2) is 0 Å². The number of anilines is 1. The topological polar surface area (TPSA) is 29.1 Å². The molecule has 2 aromatic rings. The van der Waals surface area contributed by atoms with E-state index in [-0.39, 0.29) is 5.91 Å². The molecule has 116 valence electrons. The van der Waals surface area contributed by atoms with Crippen molar-refractivity contribution in [1.82, 2.24) is 0 Å². The summed E-state index contributed by atoms with van der Waals surface area (Å²) in [6.07, 6.45) is 0. The lowest BCUT2D eigenvalue weighted by Gasteiger charge is -2.16. The number of para-hydroxylation sites is 1. The first kappa shape index (κ1) is 16.6. The van der Waals surface area contributed by atoms with Gasteiger partial charge < -0.3 is 5.32 Å². The Balaban J connectivity index is 2.05. The summed E-state index contributed by atoms with van der Waals surface area (Å²) < 4.78 is 0. The van der Waals surface area contributed by atoms with Crippen molar-refractivity contribution in [2.24, 2.45) is 0 Å². The second kappa shape index (κ2) is 7.50. The number of amides is 1. The van der Waals surface area contributed by atoms with Crippen molar-refractivity contribution in [3.63, 3.8) is 0 Å². The van der Waals surface area contributed by atoms with Crippen LogP contribution < -0.4 is 5.32 Å². The summed E-state index contributed by atoms with van der Waals surface area (Å²) >= 11 is 1.58. The van der Waals surface area contributed by atoms with Crippen molar-refractivity contribution in [3.8, 4) is 0 Å². The molecule has 0 radical (unpaired) electrons. The third-order valence-electron chi connectivity index (χ3n) is 3.64. The van der Waals surface area contributed by atoms with Crippen LogP contribution in [0.3, 0.4) is 0 Å². The van der Waals surface area contributed by atoms with E-state index in [1.165, 1.54) is 11.1 Å². The zero-order chi connectivity index (χ0) is 16.1. The Bertz CT molecular complexity index is 664. The van der Waals surface area contributed by atoms with Crippen LogP contribution in [0.1, 0.15) is 36.5 Å². The van der Waals surface area contributed by atoms with Gasteiger partial charge in [0.15, 0.2) is 0 Å². The third-order valence-corrected chi connectivity index (χ3v) is 4.82. The first-order valence-electron chi connectivity index (χ1n) is 7.57. The highest BCUT2D eigenvalue weighted by molar-refractivity contribution is 8.00. The molecular weight excluding hydrogens is 290 g/mol. The maximum absolute atomic E-state index is 12.3. The highest BCUT2D eigenvalue weighted by Gasteiger charge is 2.12. The van der Waals surface area contributed by atoms with Crippen molar-refractivity contribution in [2.75, 3.05) is 11.1 Å². The Morgan fingerprint density at radius 3 is 2.41 bits per heavy atom. The lowest BCUT2D eigenvalue weighted by molar-refractivity contribution is -0.113. The maximum Gasteiger partial charge on any atom is 0.234 e. The van der Waals surface area contributed by atoms with E-state index in [9.17, 15) is 4.79 Å². The second-order valence-electron chi connectivity index (χ2n) is 5.80. The van der Waals surface area contributed by atoms with Crippen molar-refractivity contribution < 1.29 is 4.79 Å². The van der Waals surface area contributed by atoms with E-state index in [1.54, 1.807) is 11.8 Å². The molecule has 0 atom stereocenters. The van der Waals surface area contributed by atoms with Crippen molar-refractivity contribution in [1.29, 1.82) is 0 Å². The minimum absolute atomic E-state index is 0.0458. The number of carbonyl (C=O) groups excluding carboxylic acids is 1. The lowest BCUT2D eigenvalue weighted by atomic mass is 9.98. The van der Waals surface area contributed by atoms with Gasteiger partial charge in [-0.3, -0.25) is 4.79 Å². The standard InChI is InChI=1S/C19H23NOS/c1-13(2)16-10-7-9-15(4)19(16)20-18(21)12-22-17-11-6-5-8-14(17)3/h5-11,13H,12H2,1-4H3,(H,20,21). The molecule has 0 spiro atoms. The first-order chi connectivity index (χ1) is 10.5. The molecular formula is C19H23NOS. The fourth-order valence-corrected chi connectivity index (χ4v) is 3.21. The Kier molecular flexibility index (Phi) is 5.67. The summed E-state index contributed by atoms with van der Waals surface area (Å²) in [6.45, 7) is 8.40. The largest absolute Gasteiger partial charge is 0.325 e. The number of benzene rings is 2. The van der Waals surface area contributed by atoms with E-state index >= 15 is 0 Å². The normalized spacial score (nSPS) is 10.8. The van der Waals surface area contributed by atoms with E-state index in [0.717, 1.165) is 16.1 Å². The number of aryl methyl sites for hydroxylation is 2. The molecule has 0 aromatic heterocycles. The minimum atomic E-state index is 0.0458. The van der Waals surface area contributed by atoms with Crippen molar-refractivity contribution in [2.45, 2.75) is 38.5 Å². The number of rotatable bonds is 5. The fraction of sp³-hybridized carbons (Fsp3) is 0.316. The summed E-state index contributed by atoms with van der Waals surface area (Å²) in [5.41, 5.74) is 4.47. The molecule has 0 bridgehead atoms. The zero-order valence-electron chi connectivity index (χ0n) is 13.6. The molecule has 3 heteroatoms. The Hall–Kier alpha value is -1.74. The molecule has 0 saturated heterocycles. The second-order valence-corrected chi connectivity index (χ2v) is 6.81. The molecule has 0 aliphatic heterocycles. The Morgan fingerprint density at radius 2 is 1.73 bits per heavy atom. The van der Waals surface area contributed by atoms with E-state index in [0.29, 0.717) is 11.7 Å². The number of hydrogen-bond acceptors (Lipinski definition) is 2. The van der Waals surface area contributed by atoms with Crippen LogP contribution >= 0.6 is 11.8 Å². The summed E-state index contributed by atoms with van der Waals surface area (Å²) in [7, 11) is 0. The summed E-state index contributed by atoms with van der Waals surface area (Å²) in [6, 6.07) is 14.3. The van der Waals surface area contributed by atoms with Gasteiger partial charge in [-0.1, -0.05) is 50.2 Å². The van der Waals surface area contributed by atoms with Gasteiger partial charge in [0.05, 0.1) is 5.75 Å². The van der Waals surface area contributed by atoms with Crippen LogP contribution in [0.2, 0.25) is 0 Å². The molecule has 2 aromatic carbocycles. The van der Waals surface area contributed by atoms with E-state index in [1.807, 2.05) is 31.2 Å². The molecule has 1 N–H and O–H groups in total. The van der Waals surface area contributed by atoms with E-state index in [4.69, 9.17) is 0 Å². The number of thioether (sulfide) groups is 1. The zero-order valence-corrected chi connectivity index (χ0v) is 14.5. The van der Waals surface area contributed by atoms with Gasteiger partial charge in [-0.05, 0) is 42.5 Å². The predicted octanol–water partition coefficient (Wildman–Crippen LogP) is 5.16. The van der Waals surface area contributed by atoms with Crippen LogP contribution in [0.4, 0.5) is 5.69 Å². The summed E-state index contributed by atoms with van der Waals surface area (Å²) in [4.78, 5) is 13.5. The molecule has 0 unspecified atom stereocenters. The molecule has 0 aliphatic carbocycles. The number of hydrogen-bond donors (Lipinski definition) is 1. The highest BCUT2D eigenvalue weighted by Crippen LogP contribution is 2.28. The SMILES string of the molecule is Cc1ccccc1SCC(=O)Nc1c(C)cccc1C(C)C. The Labute approximate surface area is 137 Å². The van der Waals surface area contributed by atoms with Gasteiger partial charge in [0.2, 0.25) is 5.91 Å². The number of nitrogens with one attached hydrogen (secondary N) is 1. The van der Waals surface area contributed by atoms with Crippen LogP contribution in [0.5, 0.6) is 0 Å². The van der Waals surface area contributed by atoms with Gasteiger partial charge in [0.1, 0.15) is 0 Å². The smallest absolute Gasteiger partial charge is 0.234 e. The van der Waals surface area contributed by atoms with Gasteiger partial charge in [-0.15, -0.1) is 11.8 Å². The Morgan fingerprint density at radius 1 is 1.05 bits per heavy atom. The maximum atomic E-state index is 12.3. The first-order valence-corrected chi connectivity index (χ1v) is 8.55. The average molecular weight is 313 g/mol. The molecule has 22 heavy (non-hydrogen) atoms. The van der Waals surface area contributed by atoms with Crippen LogP contribution in [-0.2, 0) is 4.79 Å². The van der Waals surface area contributed by atoms with Gasteiger partial charge in [0, 0.05) is 10.6 Å². The van der Waals surface area contributed by atoms with Crippen molar-refractivity contribution >= 4 is 23.4 Å². The monoisotopic (exact) mass is 313 g/mol. The average Bonchev–Trinajstić information content (AvgIpc) is 2.48. The molecule has 0 heterocycles. The number of carbonyl (C=O) groups is 1. The van der Waals surface area contributed by atoms with Gasteiger partial charge in [0.25, 0.3) is 0 Å². The molecule has 0 aliphatic rings. The molecule has 2 nitrogen and oxygen atoms in total. The van der Waals surface area contributed by atoms with Crippen molar-refractivity contribution in [3.05, 3.63) is 59.2 Å². The van der Waals surface area contributed by atoms with E-state index in [2.05, 4.69) is 44.3 Å². The summed E-state index contributed by atoms with van der Waals surface area (Å²) in [5.74, 6) is 0.861.